The molecule has 2 aromatic rings. The molecule has 6 nitrogen and oxygen atoms in total. The van der Waals surface area contributed by atoms with E-state index in [9.17, 15) is 13.2 Å². The summed E-state index contributed by atoms with van der Waals surface area (Å²) in [5.74, 6) is -0.291. The number of carbonyl (C=O) groups excluding carboxylic acids is 1. The van der Waals surface area contributed by atoms with Gasteiger partial charge in [0.05, 0.1) is 4.90 Å². The van der Waals surface area contributed by atoms with E-state index in [-0.39, 0.29) is 10.8 Å². The molecule has 0 aliphatic rings. The van der Waals surface area contributed by atoms with E-state index in [1.807, 2.05) is 13.0 Å². The fraction of sp³-hybridized carbons (Fsp3) is 0.278. The molecule has 0 radical (unpaired) electrons. The van der Waals surface area contributed by atoms with E-state index in [4.69, 9.17) is 0 Å². The lowest BCUT2D eigenvalue weighted by molar-refractivity contribution is 0.0953. The van der Waals surface area contributed by atoms with Gasteiger partial charge in [0, 0.05) is 24.3 Å². The second-order valence-electron chi connectivity index (χ2n) is 5.81. The number of likely N-dealkylation sites (N-methyl/N-ethyl adjacent to an activating group) is 1. The summed E-state index contributed by atoms with van der Waals surface area (Å²) < 4.78 is 27.8. The van der Waals surface area contributed by atoms with Crippen molar-refractivity contribution in [2.24, 2.45) is 0 Å². The molecule has 2 rings (SSSR count). The molecule has 1 amide bonds. The van der Waals surface area contributed by atoms with Gasteiger partial charge in [0.2, 0.25) is 0 Å². The van der Waals surface area contributed by atoms with Gasteiger partial charge in [-0.05, 0) is 56.3 Å². The summed E-state index contributed by atoms with van der Waals surface area (Å²) in [5.41, 5.74) is 2.51. The summed E-state index contributed by atoms with van der Waals surface area (Å²) in [6.45, 7) is 4.76. The first-order valence-electron chi connectivity index (χ1n) is 7.96. The predicted molar refractivity (Wildman–Crippen MR) is 99.4 cm³/mol. The minimum atomic E-state index is -3.77. The third kappa shape index (κ3) is 5.04. The molecule has 0 atom stereocenters. The van der Waals surface area contributed by atoms with Crippen molar-refractivity contribution in [3.63, 3.8) is 0 Å². The quantitative estimate of drug-likeness (QED) is 0.659. The molecule has 0 aromatic heterocycles. The first-order chi connectivity index (χ1) is 11.8. The van der Waals surface area contributed by atoms with Gasteiger partial charge in [-0.25, -0.2) is 8.42 Å². The zero-order valence-electron chi connectivity index (χ0n) is 14.6. The minimum absolute atomic E-state index is 0.0540. The molecule has 0 saturated carbocycles. The molecule has 0 saturated heterocycles. The largest absolute Gasteiger partial charge is 0.351 e. The number of aryl methyl sites for hydroxylation is 2. The summed E-state index contributed by atoms with van der Waals surface area (Å²) in [7, 11) is -1.98. The second-order valence-corrected chi connectivity index (χ2v) is 7.49. The third-order valence-corrected chi connectivity index (χ3v) is 5.07. The molecule has 0 aliphatic heterocycles. The van der Waals surface area contributed by atoms with Gasteiger partial charge >= 0.3 is 0 Å². The Kier molecular flexibility index (Phi) is 6.17. The minimum Gasteiger partial charge on any atom is -0.351 e. The van der Waals surface area contributed by atoms with Crippen LogP contribution in [0.25, 0.3) is 0 Å². The van der Waals surface area contributed by atoms with Crippen molar-refractivity contribution >= 4 is 21.6 Å². The number of hydrogen-bond donors (Lipinski definition) is 3. The Hall–Kier alpha value is -2.38. The number of anilines is 1. The van der Waals surface area contributed by atoms with Crippen molar-refractivity contribution in [3.05, 3.63) is 59.2 Å². The smallest absolute Gasteiger partial charge is 0.261 e. The standard InChI is InChI=1S/C18H23N3O3S/c1-13-5-4-6-15(11-13)21-25(23,24)16-8-7-14(2)17(12-16)18(22)20-10-9-19-3/h4-8,11-12,19,21H,9-10H2,1-3H3,(H,20,22). The van der Waals surface area contributed by atoms with Crippen molar-refractivity contribution in [1.82, 2.24) is 10.6 Å². The molecule has 0 fully saturated rings. The Labute approximate surface area is 148 Å². The maximum Gasteiger partial charge on any atom is 0.261 e. The molecular formula is C18H23N3O3S. The summed E-state index contributed by atoms with van der Waals surface area (Å²) >= 11 is 0. The van der Waals surface area contributed by atoms with Crippen LogP contribution in [0.1, 0.15) is 21.5 Å². The van der Waals surface area contributed by atoms with Gasteiger partial charge in [-0.3, -0.25) is 9.52 Å². The zero-order chi connectivity index (χ0) is 18.4. The van der Waals surface area contributed by atoms with Crippen molar-refractivity contribution in [2.75, 3.05) is 24.9 Å². The van der Waals surface area contributed by atoms with Gasteiger partial charge in [-0.1, -0.05) is 18.2 Å². The van der Waals surface area contributed by atoms with Gasteiger partial charge in [0.25, 0.3) is 15.9 Å². The Bertz CT molecular complexity index is 864. The Morgan fingerprint density at radius 2 is 1.80 bits per heavy atom. The van der Waals surface area contributed by atoms with Crippen LogP contribution in [0, 0.1) is 13.8 Å². The van der Waals surface area contributed by atoms with Crippen LogP contribution in [0.15, 0.2) is 47.4 Å². The summed E-state index contributed by atoms with van der Waals surface area (Å²) in [5, 5.41) is 5.70. The summed E-state index contributed by atoms with van der Waals surface area (Å²) in [4.78, 5) is 12.3. The van der Waals surface area contributed by atoms with Gasteiger partial charge in [-0.15, -0.1) is 0 Å². The second kappa shape index (κ2) is 8.13. The average Bonchev–Trinajstić information content (AvgIpc) is 2.54. The number of rotatable bonds is 7. The lowest BCUT2D eigenvalue weighted by Gasteiger charge is -2.12. The molecule has 0 aliphatic carbocycles. The number of benzene rings is 2. The van der Waals surface area contributed by atoms with Crippen molar-refractivity contribution in [3.8, 4) is 0 Å². The predicted octanol–water partition coefficient (Wildman–Crippen LogP) is 2.05. The highest BCUT2D eigenvalue weighted by Crippen LogP contribution is 2.20. The van der Waals surface area contributed by atoms with Crippen LogP contribution in [0.2, 0.25) is 0 Å². The monoisotopic (exact) mass is 361 g/mol. The van der Waals surface area contributed by atoms with Crippen molar-refractivity contribution in [2.45, 2.75) is 18.7 Å². The van der Waals surface area contributed by atoms with Crippen LogP contribution < -0.4 is 15.4 Å². The Morgan fingerprint density at radius 1 is 1.04 bits per heavy atom. The van der Waals surface area contributed by atoms with E-state index in [0.717, 1.165) is 11.1 Å². The molecule has 0 unspecified atom stereocenters. The van der Waals surface area contributed by atoms with E-state index in [0.29, 0.717) is 24.3 Å². The van der Waals surface area contributed by atoms with Crippen LogP contribution in [-0.2, 0) is 10.0 Å². The fourth-order valence-electron chi connectivity index (χ4n) is 2.33. The fourth-order valence-corrected chi connectivity index (χ4v) is 3.41. The van der Waals surface area contributed by atoms with Crippen molar-refractivity contribution < 1.29 is 13.2 Å². The topological polar surface area (TPSA) is 87.3 Å². The van der Waals surface area contributed by atoms with Gasteiger partial charge in [0.15, 0.2) is 0 Å². The molecule has 25 heavy (non-hydrogen) atoms. The van der Waals surface area contributed by atoms with E-state index in [2.05, 4.69) is 15.4 Å². The molecule has 3 N–H and O–H groups in total. The van der Waals surface area contributed by atoms with E-state index in [1.54, 1.807) is 38.2 Å². The van der Waals surface area contributed by atoms with Crippen LogP contribution in [0.4, 0.5) is 5.69 Å². The number of nitrogens with one attached hydrogen (secondary N) is 3. The number of amides is 1. The van der Waals surface area contributed by atoms with E-state index < -0.39 is 10.0 Å². The summed E-state index contributed by atoms with van der Waals surface area (Å²) in [6.07, 6.45) is 0. The SMILES string of the molecule is CNCCNC(=O)c1cc(S(=O)(=O)Nc2cccc(C)c2)ccc1C. The maximum absolute atomic E-state index is 12.6. The van der Waals surface area contributed by atoms with Crippen LogP contribution in [0.3, 0.4) is 0 Å². The van der Waals surface area contributed by atoms with Crippen LogP contribution in [-0.4, -0.2) is 34.5 Å². The first kappa shape index (κ1) is 19.0. The molecule has 0 spiro atoms. The molecule has 7 heteroatoms. The lowest BCUT2D eigenvalue weighted by Crippen LogP contribution is -2.31. The maximum atomic E-state index is 12.6. The molecule has 0 bridgehead atoms. The third-order valence-electron chi connectivity index (χ3n) is 3.69. The molecule has 0 heterocycles. The van der Waals surface area contributed by atoms with Crippen LogP contribution >= 0.6 is 0 Å². The highest BCUT2D eigenvalue weighted by atomic mass is 32.2. The van der Waals surface area contributed by atoms with Gasteiger partial charge < -0.3 is 10.6 Å². The average molecular weight is 361 g/mol. The van der Waals surface area contributed by atoms with E-state index >= 15 is 0 Å². The number of sulfonamides is 1. The first-order valence-corrected chi connectivity index (χ1v) is 9.45. The lowest BCUT2D eigenvalue weighted by atomic mass is 10.1. The van der Waals surface area contributed by atoms with Gasteiger partial charge in [-0.2, -0.15) is 0 Å². The summed E-state index contributed by atoms with van der Waals surface area (Å²) in [6, 6.07) is 11.6. The Balaban J connectivity index is 2.26. The highest BCUT2D eigenvalue weighted by molar-refractivity contribution is 7.92. The number of hydrogen-bond acceptors (Lipinski definition) is 4. The number of carbonyl (C=O) groups is 1. The van der Waals surface area contributed by atoms with Gasteiger partial charge in [0.1, 0.15) is 0 Å². The van der Waals surface area contributed by atoms with E-state index in [1.165, 1.54) is 12.1 Å². The van der Waals surface area contributed by atoms with Crippen molar-refractivity contribution in [1.29, 1.82) is 0 Å². The normalized spacial score (nSPS) is 11.2. The zero-order valence-corrected chi connectivity index (χ0v) is 15.4. The molecular weight excluding hydrogens is 338 g/mol. The highest BCUT2D eigenvalue weighted by Gasteiger charge is 2.18. The Morgan fingerprint density at radius 3 is 2.48 bits per heavy atom. The van der Waals surface area contributed by atoms with Crippen LogP contribution in [0.5, 0.6) is 0 Å². The molecule has 134 valence electrons. The molecule has 2 aromatic carbocycles.